The van der Waals surface area contributed by atoms with Crippen molar-refractivity contribution >= 4 is 34.9 Å². The van der Waals surface area contributed by atoms with Crippen LogP contribution in [0.5, 0.6) is 0 Å². The summed E-state index contributed by atoms with van der Waals surface area (Å²) in [6.45, 7) is 0.136. The fourth-order valence-corrected chi connectivity index (χ4v) is 4.49. The lowest BCUT2D eigenvalue weighted by Crippen LogP contribution is -2.46. The van der Waals surface area contributed by atoms with E-state index in [-0.39, 0.29) is 24.8 Å². The number of nitrogens with one attached hydrogen (secondary N) is 1. The van der Waals surface area contributed by atoms with E-state index in [4.69, 9.17) is 18.0 Å². The van der Waals surface area contributed by atoms with Gasteiger partial charge in [0.2, 0.25) is 11.8 Å². The highest BCUT2D eigenvalue weighted by Gasteiger charge is 2.56. The molecule has 2 aliphatic rings. The topological polar surface area (TPSA) is 67.2 Å². The molecular weight excluding hydrogens is 388 g/mol. The molecule has 1 N–H and O–H groups in total. The molecule has 2 aromatic carbocycles. The molecule has 0 saturated heterocycles. The van der Waals surface area contributed by atoms with Crippen LogP contribution in [0.3, 0.4) is 0 Å². The molecule has 0 aliphatic carbocycles. The fraction of sp³-hybridized carbons (Fsp3) is 0.136. The minimum Gasteiger partial charge on any atom is -0.310 e. The molecule has 7 heteroatoms. The summed E-state index contributed by atoms with van der Waals surface area (Å²) in [7, 11) is 0. The van der Waals surface area contributed by atoms with Gasteiger partial charge in [0.15, 0.2) is 0 Å². The maximum Gasteiger partial charge on any atom is 0.243 e. The first-order valence-electron chi connectivity index (χ1n) is 9.05. The molecule has 1 aromatic heterocycles. The minimum absolute atomic E-state index is 0.00183. The zero-order valence-electron chi connectivity index (χ0n) is 15.2. The number of aromatic nitrogens is 2. The summed E-state index contributed by atoms with van der Waals surface area (Å²) < 4.78 is 1.60. The largest absolute Gasteiger partial charge is 0.310 e. The number of hydrogen-bond donors (Lipinski definition) is 1. The molecule has 2 amide bonds. The van der Waals surface area contributed by atoms with E-state index in [0.717, 1.165) is 11.3 Å². The van der Waals surface area contributed by atoms with Crippen LogP contribution in [0.4, 0.5) is 11.5 Å². The number of carbonyl (C=O) groups excluding carboxylic acids is 2. The summed E-state index contributed by atoms with van der Waals surface area (Å²) in [6.07, 6.45) is 7.15. The molecular formula is C22H15ClN4O2. The molecule has 0 bridgehead atoms. The van der Waals surface area contributed by atoms with Gasteiger partial charge < -0.3 is 5.32 Å². The SMILES string of the molecule is C#CCN1C(=O)[C@@]2(CC(=O)Nc3c2cnn3-c2cccc(Cl)c2)c2ccccc21. The lowest BCUT2D eigenvalue weighted by atomic mass is 9.72. The average Bonchev–Trinajstić information content (AvgIpc) is 3.23. The first-order chi connectivity index (χ1) is 14.1. The van der Waals surface area contributed by atoms with E-state index in [9.17, 15) is 9.59 Å². The summed E-state index contributed by atoms with van der Waals surface area (Å²) in [5.41, 5.74) is 1.68. The highest BCUT2D eigenvalue weighted by atomic mass is 35.5. The number of nitrogens with zero attached hydrogens (tertiary/aromatic N) is 3. The fourth-order valence-electron chi connectivity index (χ4n) is 4.30. The third-order valence-corrected chi connectivity index (χ3v) is 5.71. The Morgan fingerprint density at radius 2 is 2.00 bits per heavy atom. The number of para-hydroxylation sites is 1. The second-order valence-electron chi connectivity index (χ2n) is 7.04. The summed E-state index contributed by atoms with van der Waals surface area (Å²) in [5.74, 6) is 2.54. The molecule has 1 atom stereocenters. The molecule has 6 nitrogen and oxygen atoms in total. The number of fused-ring (bicyclic) bond motifs is 4. The van der Waals surface area contributed by atoms with E-state index in [0.29, 0.717) is 22.1 Å². The van der Waals surface area contributed by atoms with Crippen LogP contribution in [0.2, 0.25) is 5.02 Å². The van der Waals surface area contributed by atoms with Crippen LogP contribution in [0.1, 0.15) is 17.5 Å². The quantitative estimate of drug-likeness (QED) is 0.670. The monoisotopic (exact) mass is 402 g/mol. The van der Waals surface area contributed by atoms with Crippen LogP contribution < -0.4 is 10.2 Å². The number of carbonyl (C=O) groups is 2. The lowest BCUT2D eigenvalue weighted by molar-refractivity contribution is -0.126. The van der Waals surface area contributed by atoms with Crippen molar-refractivity contribution in [3.8, 4) is 18.0 Å². The Morgan fingerprint density at radius 3 is 2.79 bits per heavy atom. The third kappa shape index (κ3) is 2.35. The number of rotatable bonds is 2. The predicted octanol–water partition coefficient (Wildman–Crippen LogP) is 3.13. The molecule has 3 aromatic rings. The first kappa shape index (κ1) is 17.5. The highest BCUT2D eigenvalue weighted by Crippen LogP contribution is 2.52. The molecule has 5 rings (SSSR count). The van der Waals surface area contributed by atoms with Crippen molar-refractivity contribution in [2.75, 3.05) is 16.8 Å². The molecule has 0 radical (unpaired) electrons. The zero-order chi connectivity index (χ0) is 20.2. The van der Waals surface area contributed by atoms with Gasteiger partial charge in [0, 0.05) is 22.7 Å². The smallest absolute Gasteiger partial charge is 0.243 e. The summed E-state index contributed by atoms with van der Waals surface area (Å²) in [5, 5.41) is 7.90. The van der Waals surface area contributed by atoms with Crippen molar-refractivity contribution in [1.29, 1.82) is 0 Å². The highest BCUT2D eigenvalue weighted by molar-refractivity contribution is 6.30. The Hall–Kier alpha value is -3.56. The molecule has 0 fully saturated rings. The minimum atomic E-state index is -1.15. The first-order valence-corrected chi connectivity index (χ1v) is 9.43. The van der Waals surface area contributed by atoms with Crippen molar-refractivity contribution in [1.82, 2.24) is 9.78 Å². The summed E-state index contributed by atoms with van der Waals surface area (Å²) >= 11 is 6.13. The van der Waals surface area contributed by atoms with Gasteiger partial charge in [-0.3, -0.25) is 14.5 Å². The third-order valence-electron chi connectivity index (χ3n) is 5.48. The summed E-state index contributed by atoms with van der Waals surface area (Å²) in [4.78, 5) is 28.0. The number of amides is 2. The van der Waals surface area contributed by atoms with Gasteiger partial charge in [-0.1, -0.05) is 41.8 Å². The Labute approximate surface area is 172 Å². The number of terminal acetylenes is 1. The number of hydrogen-bond acceptors (Lipinski definition) is 3. The van der Waals surface area contributed by atoms with Gasteiger partial charge >= 0.3 is 0 Å². The van der Waals surface area contributed by atoms with Crippen LogP contribution in [0.25, 0.3) is 5.69 Å². The number of benzene rings is 2. The molecule has 2 aliphatic heterocycles. The van der Waals surface area contributed by atoms with Crippen molar-refractivity contribution in [3.63, 3.8) is 0 Å². The van der Waals surface area contributed by atoms with Crippen molar-refractivity contribution < 1.29 is 9.59 Å². The Balaban J connectivity index is 1.77. The van der Waals surface area contributed by atoms with Gasteiger partial charge in [0.1, 0.15) is 11.2 Å². The second kappa shape index (κ2) is 6.23. The Bertz CT molecular complexity index is 1230. The van der Waals surface area contributed by atoms with Crippen LogP contribution in [-0.2, 0) is 15.0 Å². The number of anilines is 2. The van der Waals surface area contributed by atoms with Gasteiger partial charge in [-0.25, -0.2) is 4.68 Å². The Kier molecular flexibility index (Phi) is 3.76. The van der Waals surface area contributed by atoms with E-state index in [2.05, 4.69) is 16.3 Å². The molecule has 0 saturated carbocycles. The van der Waals surface area contributed by atoms with Crippen LogP contribution in [0.15, 0.2) is 54.7 Å². The second-order valence-corrected chi connectivity index (χ2v) is 7.48. The molecule has 3 heterocycles. The van der Waals surface area contributed by atoms with Gasteiger partial charge in [-0.2, -0.15) is 5.10 Å². The predicted molar refractivity (Wildman–Crippen MR) is 110 cm³/mol. The van der Waals surface area contributed by atoms with Crippen LogP contribution in [-0.4, -0.2) is 28.1 Å². The standard InChI is InChI=1S/C22H15ClN4O2/c1-2-10-26-18-9-4-3-8-16(18)22(21(26)29)12-19(28)25-20-17(22)13-24-27(20)15-7-5-6-14(23)11-15/h1,3-9,11,13H,10,12H2,(H,25,28)/t22-/m0/s1. The van der Waals surface area contributed by atoms with Crippen molar-refractivity contribution in [3.05, 3.63) is 70.9 Å². The van der Waals surface area contributed by atoms with Gasteiger partial charge in [0.05, 0.1) is 18.4 Å². The maximum atomic E-state index is 13.6. The van der Waals surface area contributed by atoms with Crippen molar-refractivity contribution in [2.24, 2.45) is 0 Å². The Morgan fingerprint density at radius 1 is 1.17 bits per heavy atom. The average molecular weight is 403 g/mol. The van der Waals surface area contributed by atoms with E-state index in [1.165, 1.54) is 0 Å². The van der Waals surface area contributed by atoms with E-state index in [1.54, 1.807) is 34.0 Å². The molecule has 29 heavy (non-hydrogen) atoms. The van der Waals surface area contributed by atoms with Crippen molar-refractivity contribution in [2.45, 2.75) is 11.8 Å². The number of halogens is 1. The summed E-state index contributed by atoms with van der Waals surface area (Å²) in [6, 6.07) is 14.6. The van der Waals surface area contributed by atoms with Gasteiger partial charge in [-0.15, -0.1) is 6.42 Å². The van der Waals surface area contributed by atoms with Crippen LogP contribution in [0, 0.1) is 12.3 Å². The van der Waals surface area contributed by atoms with E-state index >= 15 is 0 Å². The lowest BCUT2D eigenvalue weighted by Gasteiger charge is -2.32. The van der Waals surface area contributed by atoms with E-state index in [1.807, 2.05) is 30.3 Å². The van der Waals surface area contributed by atoms with Crippen LogP contribution >= 0.6 is 11.6 Å². The zero-order valence-corrected chi connectivity index (χ0v) is 16.0. The van der Waals surface area contributed by atoms with Gasteiger partial charge in [0.25, 0.3) is 0 Å². The normalized spacial score (nSPS) is 19.7. The molecule has 1 spiro atoms. The van der Waals surface area contributed by atoms with E-state index < -0.39 is 5.41 Å². The molecule has 142 valence electrons. The maximum absolute atomic E-state index is 13.6. The van der Waals surface area contributed by atoms with Gasteiger partial charge in [-0.05, 0) is 29.8 Å². The molecule has 0 unspecified atom stereocenters.